The fourth-order valence-corrected chi connectivity index (χ4v) is 8.20. The Hall–Kier alpha value is -2.60. The second kappa shape index (κ2) is 10.4. The highest BCUT2D eigenvalue weighted by Gasteiger charge is 2.63. The van der Waals surface area contributed by atoms with E-state index >= 15 is 0 Å². The van der Waals surface area contributed by atoms with Gasteiger partial charge in [0.1, 0.15) is 17.7 Å². The van der Waals surface area contributed by atoms with Crippen molar-refractivity contribution in [3.05, 3.63) is 64.7 Å². The van der Waals surface area contributed by atoms with E-state index in [4.69, 9.17) is 16.3 Å². The smallest absolute Gasteiger partial charge is 0.328 e. The van der Waals surface area contributed by atoms with Gasteiger partial charge in [0, 0.05) is 30.1 Å². The Balaban J connectivity index is 1.60. The van der Waals surface area contributed by atoms with Crippen LogP contribution in [0.4, 0.5) is 8.78 Å². The summed E-state index contributed by atoms with van der Waals surface area (Å²) in [6.45, 7) is -0.0739. The quantitative estimate of drug-likeness (QED) is 0.520. The lowest BCUT2D eigenvalue weighted by Gasteiger charge is -2.45. The first kappa shape index (κ1) is 27.9. The summed E-state index contributed by atoms with van der Waals surface area (Å²) in [7, 11) is -3.08. The van der Waals surface area contributed by atoms with Crippen molar-refractivity contribution in [2.75, 3.05) is 13.7 Å². The van der Waals surface area contributed by atoms with Crippen LogP contribution in [0, 0.1) is 17.0 Å². The van der Waals surface area contributed by atoms with E-state index in [9.17, 15) is 31.9 Å². The summed E-state index contributed by atoms with van der Waals surface area (Å²) in [5, 5.41) is 10.6. The normalized spacial score (nSPS) is 26.8. The van der Waals surface area contributed by atoms with Crippen molar-refractivity contribution in [3.63, 3.8) is 0 Å². The van der Waals surface area contributed by atoms with Crippen molar-refractivity contribution >= 4 is 33.5 Å². The van der Waals surface area contributed by atoms with Gasteiger partial charge in [-0.25, -0.2) is 22.0 Å². The molecule has 8 nitrogen and oxygen atoms in total. The third-order valence-corrected chi connectivity index (χ3v) is 10.3. The van der Waals surface area contributed by atoms with Crippen LogP contribution in [0.25, 0.3) is 0 Å². The summed E-state index contributed by atoms with van der Waals surface area (Å²) in [6.07, 6.45) is 0.990. The highest BCUT2D eigenvalue weighted by atomic mass is 35.5. The number of carbonyl (C=O) groups excluding carboxylic acids is 2. The number of aliphatic hydroxyl groups excluding tert-OH is 1. The molecule has 12 heteroatoms. The molecule has 1 saturated carbocycles. The molecule has 2 heterocycles. The van der Waals surface area contributed by atoms with Crippen molar-refractivity contribution in [2.24, 2.45) is 5.41 Å². The number of β-amino-alcohol motifs (C(OH)–C–C–N with tert-alkyl or cyclic N) is 1. The Bertz CT molecular complexity index is 1360. The monoisotopic (exact) mass is 582 g/mol. The maximum absolute atomic E-state index is 14.3. The average Bonchev–Trinajstić information content (AvgIpc) is 3.62. The van der Waals surface area contributed by atoms with Gasteiger partial charge in [-0.1, -0.05) is 11.6 Å². The lowest BCUT2D eigenvalue weighted by molar-refractivity contribution is -0.154. The second-order valence-corrected chi connectivity index (χ2v) is 12.8. The van der Waals surface area contributed by atoms with Crippen molar-refractivity contribution in [1.82, 2.24) is 9.21 Å². The maximum atomic E-state index is 14.3. The minimum absolute atomic E-state index is 0.0249. The molecule has 2 aromatic carbocycles. The summed E-state index contributed by atoms with van der Waals surface area (Å²) in [5.41, 5.74) is -0.998. The van der Waals surface area contributed by atoms with Crippen LogP contribution in [0.3, 0.4) is 0 Å². The Kier molecular flexibility index (Phi) is 7.47. The number of hydrogen-bond acceptors (Lipinski definition) is 6. The lowest BCUT2D eigenvalue weighted by Crippen LogP contribution is -2.55. The van der Waals surface area contributed by atoms with E-state index in [2.05, 4.69) is 0 Å². The molecule has 210 valence electrons. The molecule has 2 aromatic rings. The zero-order chi connectivity index (χ0) is 28.1. The first-order chi connectivity index (χ1) is 18.5. The number of amides is 1. The standard InChI is InChI=1S/C27H29ClF2N2O6S/c1-38-25(34)23-14-20(33)15-31(23)26(35)27(9-10-27)24-4-2-3-22(16-11-18(29)13-19(30)12-16)32(24)39(36,37)21-7-5-17(28)6-8-21/h5-8,11-13,20,22-24,33H,2-4,9-10,14-15H2,1H3/t20-,22-,23+,24+/m0/s1. The van der Waals surface area contributed by atoms with Crippen LogP contribution in [0.15, 0.2) is 47.4 Å². The Labute approximate surface area is 230 Å². The van der Waals surface area contributed by atoms with Crippen LogP contribution in [-0.4, -0.2) is 66.4 Å². The summed E-state index contributed by atoms with van der Waals surface area (Å²) in [5.74, 6) is -2.75. The fourth-order valence-electron chi connectivity index (χ4n) is 6.15. The van der Waals surface area contributed by atoms with Gasteiger partial charge >= 0.3 is 5.97 Å². The molecule has 39 heavy (non-hydrogen) atoms. The zero-order valence-corrected chi connectivity index (χ0v) is 22.8. The number of sulfonamides is 1. The van der Waals surface area contributed by atoms with Gasteiger partial charge in [-0.05, 0) is 74.1 Å². The first-order valence-corrected chi connectivity index (χ1v) is 14.6. The number of carbonyl (C=O) groups is 2. The molecule has 2 saturated heterocycles. The van der Waals surface area contributed by atoms with Crippen molar-refractivity contribution in [2.45, 2.75) is 67.6 Å². The minimum atomic E-state index is -4.28. The van der Waals surface area contributed by atoms with Gasteiger partial charge in [-0.2, -0.15) is 4.31 Å². The van der Waals surface area contributed by atoms with Crippen LogP contribution in [0.1, 0.15) is 50.1 Å². The third-order valence-electron chi connectivity index (χ3n) is 8.09. The molecule has 0 unspecified atom stereocenters. The van der Waals surface area contributed by atoms with E-state index in [1.807, 2.05) is 0 Å². The van der Waals surface area contributed by atoms with Gasteiger partial charge in [-0.3, -0.25) is 4.79 Å². The number of piperidine rings is 1. The van der Waals surface area contributed by atoms with Crippen molar-refractivity contribution in [1.29, 1.82) is 0 Å². The number of rotatable bonds is 6. The molecular formula is C27H29ClF2N2O6S. The van der Waals surface area contributed by atoms with Crippen LogP contribution in [0.5, 0.6) is 0 Å². The topological polar surface area (TPSA) is 104 Å². The van der Waals surface area contributed by atoms with Crippen LogP contribution >= 0.6 is 11.6 Å². The van der Waals surface area contributed by atoms with E-state index in [1.165, 1.54) is 40.6 Å². The number of methoxy groups -OCH3 is 1. The highest BCUT2D eigenvalue weighted by molar-refractivity contribution is 7.89. The summed E-state index contributed by atoms with van der Waals surface area (Å²) in [6, 6.07) is 5.80. The number of benzene rings is 2. The Morgan fingerprint density at radius 1 is 1.08 bits per heavy atom. The van der Waals surface area contributed by atoms with E-state index in [0.717, 1.165) is 18.2 Å². The lowest BCUT2D eigenvalue weighted by atomic mass is 9.84. The molecule has 0 bridgehead atoms. The van der Waals surface area contributed by atoms with Crippen molar-refractivity contribution in [3.8, 4) is 0 Å². The molecular weight excluding hydrogens is 554 g/mol. The van der Waals surface area contributed by atoms with Gasteiger partial charge in [0.2, 0.25) is 15.9 Å². The third kappa shape index (κ3) is 5.05. The predicted octanol–water partition coefficient (Wildman–Crippen LogP) is 3.82. The van der Waals surface area contributed by atoms with Crippen LogP contribution in [-0.2, 0) is 24.3 Å². The average molecular weight is 583 g/mol. The SMILES string of the molecule is COC(=O)[C@H]1C[C@H](O)CN1C(=O)C1([C@H]2CCC[C@@H](c3cc(F)cc(F)c3)N2S(=O)(=O)c2ccc(Cl)cc2)CC1. The molecule has 3 aliphatic rings. The first-order valence-electron chi connectivity index (χ1n) is 12.8. The van der Waals surface area contributed by atoms with E-state index in [-0.39, 0.29) is 23.4 Å². The number of likely N-dealkylation sites (tertiary alicyclic amines) is 1. The molecule has 0 spiro atoms. The van der Waals surface area contributed by atoms with Gasteiger partial charge in [0.05, 0.1) is 29.6 Å². The molecule has 1 amide bonds. The van der Waals surface area contributed by atoms with Gasteiger partial charge < -0.3 is 14.7 Å². The second-order valence-electron chi connectivity index (χ2n) is 10.5. The number of ether oxygens (including phenoxy) is 1. The number of aliphatic hydroxyl groups is 1. The van der Waals surface area contributed by atoms with Gasteiger partial charge in [0.25, 0.3) is 0 Å². The number of hydrogen-bond donors (Lipinski definition) is 1. The van der Waals surface area contributed by atoms with Gasteiger partial charge in [0.15, 0.2) is 0 Å². The summed E-state index contributed by atoms with van der Waals surface area (Å²) in [4.78, 5) is 27.7. The van der Waals surface area contributed by atoms with E-state index < -0.39 is 63.2 Å². The molecule has 0 aromatic heterocycles. The summed E-state index contributed by atoms with van der Waals surface area (Å²) >= 11 is 6.00. The molecule has 3 fully saturated rings. The molecule has 2 aliphatic heterocycles. The predicted molar refractivity (Wildman–Crippen MR) is 137 cm³/mol. The maximum Gasteiger partial charge on any atom is 0.328 e. The van der Waals surface area contributed by atoms with E-state index in [0.29, 0.717) is 37.1 Å². The molecule has 4 atom stereocenters. The molecule has 5 rings (SSSR count). The summed E-state index contributed by atoms with van der Waals surface area (Å²) < 4.78 is 63.1. The highest BCUT2D eigenvalue weighted by Crippen LogP contribution is 2.58. The number of esters is 1. The van der Waals surface area contributed by atoms with Crippen molar-refractivity contribution < 1.29 is 36.6 Å². The number of nitrogens with zero attached hydrogens (tertiary/aromatic N) is 2. The zero-order valence-electron chi connectivity index (χ0n) is 21.2. The minimum Gasteiger partial charge on any atom is -0.467 e. The Morgan fingerprint density at radius 2 is 1.72 bits per heavy atom. The molecule has 0 radical (unpaired) electrons. The number of halogens is 3. The molecule has 1 aliphatic carbocycles. The van der Waals surface area contributed by atoms with Crippen LogP contribution < -0.4 is 0 Å². The van der Waals surface area contributed by atoms with Crippen LogP contribution in [0.2, 0.25) is 5.02 Å². The van der Waals surface area contributed by atoms with E-state index in [1.54, 1.807) is 0 Å². The largest absolute Gasteiger partial charge is 0.467 e. The fraction of sp³-hybridized carbons (Fsp3) is 0.481. The Morgan fingerprint density at radius 3 is 2.31 bits per heavy atom. The molecule has 1 N–H and O–H groups in total. The van der Waals surface area contributed by atoms with Gasteiger partial charge in [-0.15, -0.1) is 0 Å².